The van der Waals surface area contributed by atoms with Crippen LogP contribution in [0, 0.1) is 0 Å². The quantitative estimate of drug-likeness (QED) is 0.151. The number of amides is 2. The predicted molar refractivity (Wildman–Crippen MR) is 230 cm³/mol. The first-order chi connectivity index (χ1) is 27.1. The Morgan fingerprint density at radius 2 is 1.35 bits per heavy atom. The third kappa shape index (κ3) is 12.4. The summed E-state index contributed by atoms with van der Waals surface area (Å²) in [6.45, 7) is 25.5. The molecular formula is C45H66N6O6. The average Bonchev–Trinajstić information content (AvgIpc) is 3.81. The number of imidazole rings is 2. The molecule has 0 bridgehead atoms. The monoisotopic (exact) mass is 787 g/mol. The Bertz CT molecular complexity index is 2060. The van der Waals surface area contributed by atoms with Gasteiger partial charge in [0.25, 0.3) is 0 Å². The number of nitrogens with one attached hydrogen (secondary N) is 2. The second-order valence-electron chi connectivity index (χ2n) is 15.3. The first-order valence-electron chi connectivity index (χ1n) is 20.2. The molecule has 0 saturated carbocycles. The number of carbonyl (C=O) groups is 2. The lowest BCUT2D eigenvalue weighted by molar-refractivity contribution is 0.0219. The summed E-state index contributed by atoms with van der Waals surface area (Å²) >= 11 is 0. The van der Waals surface area contributed by atoms with E-state index in [4.69, 9.17) is 19.2 Å². The number of ether oxygens (including phenoxy) is 4. The molecule has 0 spiro atoms. The van der Waals surface area contributed by atoms with Crippen molar-refractivity contribution in [3.05, 3.63) is 65.9 Å². The Kier molecular flexibility index (Phi) is 17.0. The Hall–Kier alpha value is -5.10. The van der Waals surface area contributed by atoms with Crippen LogP contribution < -0.4 is 4.74 Å². The van der Waals surface area contributed by atoms with Crippen molar-refractivity contribution in [3.8, 4) is 28.1 Å². The first kappa shape index (κ1) is 46.3. The number of benzene rings is 3. The van der Waals surface area contributed by atoms with Crippen LogP contribution in [0.1, 0.15) is 113 Å². The maximum atomic E-state index is 12.9. The minimum atomic E-state index is -0.573. The lowest BCUT2D eigenvalue weighted by Crippen LogP contribution is -2.37. The van der Waals surface area contributed by atoms with Crippen molar-refractivity contribution in [2.75, 3.05) is 27.3 Å². The molecule has 5 aromatic rings. The van der Waals surface area contributed by atoms with Gasteiger partial charge in [0.1, 0.15) is 35.2 Å². The molecule has 6 rings (SSSR count). The molecule has 0 saturated heterocycles. The van der Waals surface area contributed by atoms with Crippen LogP contribution in [0.3, 0.4) is 0 Å². The highest BCUT2D eigenvalue weighted by atomic mass is 16.6. The lowest BCUT2D eigenvalue weighted by atomic mass is 9.92. The minimum Gasteiger partial charge on any atom is -0.488 e. The second kappa shape index (κ2) is 20.9. The lowest BCUT2D eigenvalue weighted by Gasteiger charge is -2.26. The summed E-state index contributed by atoms with van der Waals surface area (Å²) in [5.41, 5.74) is 5.68. The number of carbonyl (C=O) groups excluding carboxylic acids is 2. The van der Waals surface area contributed by atoms with E-state index in [1.807, 2.05) is 89.2 Å². The third-order valence-corrected chi connectivity index (χ3v) is 8.31. The van der Waals surface area contributed by atoms with Gasteiger partial charge in [0.05, 0.1) is 36.0 Å². The molecule has 3 aromatic carbocycles. The van der Waals surface area contributed by atoms with Gasteiger partial charge < -0.3 is 38.7 Å². The van der Waals surface area contributed by atoms with Gasteiger partial charge in [-0.3, -0.25) is 0 Å². The van der Waals surface area contributed by atoms with Crippen LogP contribution >= 0.6 is 0 Å². The van der Waals surface area contributed by atoms with Gasteiger partial charge in [0.15, 0.2) is 0 Å². The molecule has 12 heteroatoms. The maximum Gasteiger partial charge on any atom is 0.410 e. The van der Waals surface area contributed by atoms with Crippen LogP contribution in [-0.2, 0) is 33.9 Å². The molecule has 0 radical (unpaired) electrons. The van der Waals surface area contributed by atoms with E-state index in [0.29, 0.717) is 44.4 Å². The number of hydrogen-bond donors (Lipinski definition) is 2. The number of hydrogen-bond acceptors (Lipinski definition) is 8. The third-order valence-electron chi connectivity index (χ3n) is 8.31. The van der Waals surface area contributed by atoms with Crippen molar-refractivity contribution in [2.45, 2.75) is 127 Å². The summed E-state index contributed by atoms with van der Waals surface area (Å²) in [6, 6.07) is 14.7. The molecule has 0 aliphatic carbocycles. The van der Waals surface area contributed by atoms with E-state index in [0.717, 1.165) is 68.3 Å². The topological polar surface area (TPSA) is 135 Å². The van der Waals surface area contributed by atoms with Crippen molar-refractivity contribution in [3.63, 3.8) is 0 Å². The smallest absolute Gasteiger partial charge is 0.410 e. The zero-order valence-electron chi connectivity index (χ0n) is 36.8. The van der Waals surface area contributed by atoms with E-state index in [1.54, 1.807) is 30.2 Å². The van der Waals surface area contributed by atoms with Crippen molar-refractivity contribution in [2.24, 2.45) is 0 Å². The molecule has 3 heterocycles. The van der Waals surface area contributed by atoms with Crippen molar-refractivity contribution in [1.82, 2.24) is 29.7 Å². The molecule has 0 unspecified atom stereocenters. The zero-order chi connectivity index (χ0) is 42.5. The summed E-state index contributed by atoms with van der Waals surface area (Å²) in [7, 11) is 3.25. The fraction of sp³-hybridized carbons (Fsp3) is 0.511. The Balaban J connectivity index is 0.00000117. The molecule has 2 amide bonds. The van der Waals surface area contributed by atoms with E-state index in [-0.39, 0.29) is 12.2 Å². The fourth-order valence-corrected chi connectivity index (χ4v) is 6.19. The molecule has 1 aliphatic rings. The molecule has 12 nitrogen and oxygen atoms in total. The number of rotatable bonds is 9. The summed E-state index contributed by atoms with van der Waals surface area (Å²) in [4.78, 5) is 45.4. The van der Waals surface area contributed by atoms with Crippen LogP contribution in [0.25, 0.3) is 44.2 Å². The molecule has 57 heavy (non-hydrogen) atoms. The van der Waals surface area contributed by atoms with E-state index in [9.17, 15) is 9.59 Å². The van der Waals surface area contributed by atoms with Gasteiger partial charge >= 0.3 is 12.2 Å². The van der Waals surface area contributed by atoms with Gasteiger partial charge in [-0.05, 0) is 101 Å². The fourth-order valence-electron chi connectivity index (χ4n) is 6.19. The highest BCUT2D eigenvalue weighted by molar-refractivity contribution is 6.07. The number of H-pyrrole nitrogens is 2. The number of aromatic nitrogens is 4. The van der Waals surface area contributed by atoms with E-state index < -0.39 is 11.2 Å². The second-order valence-corrected chi connectivity index (χ2v) is 15.3. The van der Waals surface area contributed by atoms with Crippen LogP contribution in [0.2, 0.25) is 0 Å². The van der Waals surface area contributed by atoms with Gasteiger partial charge in [-0.15, -0.1) is 0 Å². The number of methoxy groups -OCH3 is 1. The normalized spacial score (nSPS) is 11.7. The van der Waals surface area contributed by atoms with Crippen LogP contribution in [0.5, 0.6) is 5.75 Å². The van der Waals surface area contributed by atoms with Gasteiger partial charge in [-0.25, -0.2) is 19.6 Å². The van der Waals surface area contributed by atoms with E-state index in [2.05, 4.69) is 56.1 Å². The highest BCUT2D eigenvalue weighted by Crippen LogP contribution is 2.42. The standard InChI is InChI=1S/C39H48N6O5.C2H6O.2C2H6/c1-9-15-44(36(46)49-38(3,4)5)21-33-40-20-31(42-33)25-11-13-27-26(17-25)23-48-32-19-28-24(18-29(27)32)12-14-30-35(28)43-34(41-30)22-45(16-10-2)37(47)50-39(6,7)8;1-3-2;2*1-2/h11-14,17-20H,9-10,15-16,21-23H2,1-8H3,(H,40,42)(H,41,43);1-2H3;2*1-2H3. The SMILES string of the molecule is CC.CC.CCCN(Cc1ncc(-c2ccc3c(c2)COc2cc4c(ccc5[nH]c(CN(CCC)C(=O)OC(C)(C)C)nc54)cc2-3)[nH]1)C(=O)OC(C)(C)C.COC. The van der Waals surface area contributed by atoms with Crippen LogP contribution in [-0.4, -0.2) is 80.4 Å². The van der Waals surface area contributed by atoms with Gasteiger partial charge in [0, 0.05) is 38.3 Å². The number of fused-ring (bicyclic) bond motifs is 6. The molecule has 2 aromatic heterocycles. The molecule has 312 valence electrons. The van der Waals surface area contributed by atoms with Crippen LogP contribution in [0.15, 0.2) is 48.7 Å². The largest absolute Gasteiger partial charge is 0.488 e. The minimum absolute atomic E-state index is 0.328. The number of nitrogens with zero attached hydrogens (tertiary/aromatic N) is 4. The first-order valence-corrected chi connectivity index (χ1v) is 20.2. The van der Waals surface area contributed by atoms with Crippen molar-refractivity contribution >= 4 is 34.0 Å². The van der Waals surface area contributed by atoms with Crippen LogP contribution in [0.4, 0.5) is 9.59 Å². The summed E-state index contributed by atoms with van der Waals surface area (Å²) in [5.74, 6) is 2.20. The summed E-state index contributed by atoms with van der Waals surface area (Å²) < 4.78 is 21.8. The molecular weight excluding hydrogens is 721 g/mol. The Morgan fingerprint density at radius 1 is 0.772 bits per heavy atom. The van der Waals surface area contributed by atoms with Gasteiger partial charge in [0.2, 0.25) is 0 Å². The average molecular weight is 787 g/mol. The maximum absolute atomic E-state index is 12.9. The molecule has 0 atom stereocenters. The summed E-state index contributed by atoms with van der Waals surface area (Å²) in [6.07, 6.45) is 2.74. The number of aromatic amines is 2. The van der Waals surface area contributed by atoms with E-state index >= 15 is 0 Å². The molecule has 2 N–H and O–H groups in total. The predicted octanol–water partition coefficient (Wildman–Crippen LogP) is 11.3. The Labute approximate surface area is 339 Å². The Morgan fingerprint density at radius 3 is 1.91 bits per heavy atom. The summed E-state index contributed by atoms with van der Waals surface area (Å²) in [5, 5.41) is 2.03. The highest BCUT2D eigenvalue weighted by Gasteiger charge is 2.25. The van der Waals surface area contributed by atoms with Crippen molar-refractivity contribution < 1.29 is 28.5 Å². The van der Waals surface area contributed by atoms with Crippen molar-refractivity contribution in [1.29, 1.82) is 0 Å². The van der Waals surface area contributed by atoms with Gasteiger partial charge in [-0.2, -0.15) is 0 Å². The molecule has 1 aliphatic heterocycles. The zero-order valence-corrected chi connectivity index (χ0v) is 36.8. The van der Waals surface area contributed by atoms with E-state index in [1.165, 1.54) is 0 Å². The molecule has 0 fully saturated rings. The van der Waals surface area contributed by atoms with Gasteiger partial charge in [-0.1, -0.05) is 59.7 Å².